The summed E-state index contributed by atoms with van der Waals surface area (Å²) in [5.74, 6) is -1.59. The second-order valence-corrected chi connectivity index (χ2v) is 21.1. The summed E-state index contributed by atoms with van der Waals surface area (Å²) >= 11 is 0. The summed E-state index contributed by atoms with van der Waals surface area (Å²) < 4.78 is 74.2. The molecule has 7 heterocycles. The van der Waals surface area contributed by atoms with Crippen LogP contribution < -0.4 is 10.6 Å². The van der Waals surface area contributed by atoms with Gasteiger partial charge in [0, 0.05) is 13.8 Å². The van der Waals surface area contributed by atoms with Gasteiger partial charge in [-0.05, 0) is 0 Å². The molecule has 23 N–H and O–H groups in total. The summed E-state index contributed by atoms with van der Waals surface area (Å²) in [5, 5.41) is 230. The highest BCUT2D eigenvalue weighted by Gasteiger charge is 2.58. The van der Waals surface area contributed by atoms with Crippen LogP contribution in [-0.4, -0.2) is 380 Å². The molecule has 7 fully saturated rings. The Morgan fingerprint density at radius 1 is 0.310 bits per heavy atom. The van der Waals surface area contributed by atoms with Gasteiger partial charge < -0.3 is 179 Å². The minimum Gasteiger partial charge on any atom is -0.394 e. The van der Waals surface area contributed by atoms with Crippen LogP contribution in [0.15, 0.2) is 0 Å². The van der Waals surface area contributed by atoms with Gasteiger partial charge >= 0.3 is 0 Å². The maximum Gasteiger partial charge on any atom is 0.217 e. The third-order valence-corrected chi connectivity index (χ3v) is 15.3. The SMILES string of the molecule is CC(=O)N[C@@H]1[C@@H](O)[C@H](O[C@@H]2O[C@H](CO)[C@@H](O[C@@H]3O[C@H](CO[C@H]4O[C@H](CO[C@H]5O[C@H](CO)[C@@H](O)[C@H](O)[C@@H]5O[C@H]5O[C@H](CO)[C@@H](O)[C@H](O)[C@@H]5O)[C@@H](O)[C@H](O)[C@@H]4O)[C@@H](O)[C@H](O[C@H]4O[C@H](CO)[C@@H](O)[C@H](O)[C@@H]4O)[C@@H]3O)[C@H](O)[C@H]2NC(C)=O)[C@@H](CO)O[C@H]1O. The fourth-order valence-electron chi connectivity index (χ4n) is 10.6. The molecular formula is C46H78N2O36. The fraction of sp³-hybridized carbons (Fsp3) is 0.957. The average molecular weight is 1240 g/mol. The Hall–Kier alpha value is -2.42. The molecule has 35 atom stereocenters. The van der Waals surface area contributed by atoms with Crippen LogP contribution in [0.2, 0.25) is 0 Å². The first kappa shape index (κ1) is 69.1. The molecule has 0 bridgehead atoms. The highest BCUT2D eigenvalue weighted by Crippen LogP contribution is 2.37. The van der Waals surface area contributed by atoms with Crippen molar-refractivity contribution in [2.24, 2.45) is 0 Å². The summed E-state index contributed by atoms with van der Waals surface area (Å²) in [7, 11) is 0. The van der Waals surface area contributed by atoms with Crippen LogP contribution in [0, 0.1) is 0 Å². The van der Waals surface area contributed by atoms with Crippen molar-refractivity contribution in [3.05, 3.63) is 0 Å². The van der Waals surface area contributed by atoms with E-state index in [-0.39, 0.29) is 0 Å². The summed E-state index contributed by atoms with van der Waals surface area (Å²) in [4.78, 5) is 24.6. The molecule has 7 aliphatic rings. The van der Waals surface area contributed by atoms with Gasteiger partial charge in [-0.2, -0.15) is 0 Å². The lowest BCUT2D eigenvalue weighted by atomic mass is 9.94. The second kappa shape index (κ2) is 29.9. The van der Waals surface area contributed by atoms with Gasteiger partial charge in [0.05, 0.1) is 46.2 Å². The van der Waals surface area contributed by atoms with E-state index >= 15 is 0 Å². The number of rotatable bonds is 21. The third-order valence-electron chi connectivity index (χ3n) is 15.3. The molecule has 84 heavy (non-hydrogen) atoms. The zero-order valence-corrected chi connectivity index (χ0v) is 44.7. The van der Waals surface area contributed by atoms with Gasteiger partial charge in [-0.1, -0.05) is 0 Å². The van der Waals surface area contributed by atoms with Crippen molar-refractivity contribution in [3.8, 4) is 0 Å². The lowest BCUT2D eigenvalue weighted by Gasteiger charge is -2.50. The lowest BCUT2D eigenvalue weighted by molar-refractivity contribution is -0.385. The van der Waals surface area contributed by atoms with Crippen LogP contribution in [0.25, 0.3) is 0 Å². The molecule has 7 rings (SSSR count). The molecule has 38 heteroatoms. The van der Waals surface area contributed by atoms with Gasteiger partial charge in [0.15, 0.2) is 44.0 Å². The van der Waals surface area contributed by atoms with Crippen molar-refractivity contribution in [3.63, 3.8) is 0 Å². The zero-order valence-electron chi connectivity index (χ0n) is 44.7. The largest absolute Gasteiger partial charge is 0.394 e. The number of carbonyl (C=O) groups excluding carboxylic acids is 2. The quantitative estimate of drug-likeness (QED) is 0.0507. The zero-order chi connectivity index (χ0) is 61.9. The summed E-state index contributed by atoms with van der Waals surface area (Å²) in [5.41, 5.74) is 0. The summed E-state index contributed by atoms with van der Waals surface area (Å²) in [6, 6.07) is -3.34. The molecule has 7 aliphatic heterocycles. The monoisotopic (exact) mass is 1230 g/mol. The molecule has 0 saturated carbocycles. The first-order valence-electron chi connectivity index (χ1n) is 26.6. The van der Waals surface area contributed by atoms with Crippen LogP contribution >= 0.6 is 0 Å². The Morgan fingerprint density at radius 2 is 0.643 bits per heavy atom. The van der Waals surface area contributed by atoms with E-state index in [4.69, 9.17) is 61.6 Å². The first-order chi connectivity index (χ1) is 39.7. The molecule has 0 aromatic heterocycles. The standard InChI is InChI=1S/C46H78N2O36/c1-10(54)47-19-26(61)36(15(6-52)74-40(19)71)81-41-20(48-11(2)55)27(62)37(16(7-53)78-41)82-45-35(70)38(83-43-33(68)28(63)21(56)12(3-49)75-43)25(60)18(80-45)9-72-42-32(67)30(65)24(59)17(79-42)8-73-46-39(31(66)23(58)14(5-51)77-46)84-44-34(69)29(64)22(57)13(4-50)76-44/h12-46,49-53,56-71H,3-9H2,1-2H3,(H,47,54)(H,48,55)/t12-,13-,14-,15-,16-,17-,18-,19-,20-,21-,22-,23-,24-,25-,26-,27-,28+,29+,30+,31+,32+,33+,34+,35+,36-,37-,38+,39+,40-,41+,42+,43-,44-,45+,46+/m1/s1. The average Bonchev–Trinajstić information content (AvgIpc) is 3.33. The Morgan fingerprint density at radius 3 is 1.14 bits per heavy atom. The van der Waals surface area contributed by atoms with Crippen LogP contribution in [-0.2, 0) is 71.2 Å². The van der Waals surface area contributed by atoms with Crippen LogP contribution in [0.1, 0.15) is 13.8 Å². The molecule has 0 aromatic rings. The van der Waals surface area contributed by atoms with Crippen LogP contribution in [0.3, 0.4) is 0 Å². The maximum absolute atomic E-state index is 12.6. The van der Waals surface area contributed by atoms with Crippen molar-refractivity contribution in [2.75, 3.05) is 46.2 Å². The van der Waals surface area contributed by atoms with Gasteiger partial charge in [-0.15, -0.1) is 0 Å². The second-order valence-electron chi connectivity index (χ2n) is 21.1. The van der Waals surface area contributed by atoms with Gasteiger partial charge in [0.2, 0.25) is 11.8 Å². The number of nitrogens with one attached hydrogen (secondary N) is 2. The topological polar surface area (TPSA) is 603 Å². The number of amides is 2. The highest BCUT2D eigenvalue weighted by atomic mass is 16.8. The van der Waals surface area contributed by atoms with E-state index in [0.29, 0.717) is 0 Å². The third kappa shape index (κ3) is 14.9. The highest BCUT2D eigenvalue weighted by molar-refractivity contribution is 5.73. The Kier molecular flexibility index (Phi) is 24.6. The molecule has 0 radical (unpaired) electrons. The molecule has 488 valence electrons. The maximum atomic E-state index is 12.6. The fourth-order valence-corrected chi connectivity index (χ4v) is 10.6. The van der Waals surface area contributed by atoms with Crippen molar-refractivity contribution < 1.29 is 178 Å². The molecular weight excluding hydrogens is 1160 g/mol. The molecule has 7 saturated heterocycles. The molecule has 0 aromatic carbocycles. The first-order valence-corrected chi connectivity index (χ1v) is 26.6. The number of hydrogen-bond donors (Lipinski definition) is 23. The molecule has 0 aliphatic carbocycles. The number of aliphatic hydroxyl groups excluding tert-OH is 21. The molecule has 2 amide bonds. The van der Waals surface area contributed by atoms with Gasteiger partial charge in [-0.3, -0.25) is 9.59 Å². The Bertz CT molecular complexity index is 2060. The smallest absolute Gasteiger partial charge is 0.217 e. The summed E-state index contributed by atoms with van der Waals surface area (Å²) in [6.45, 7) is -4.67. The molecule has 0 spiro atoms. The van der Waals surface area contributed by atoms with Crippen LogP contribution in [0.4, 0.5) is 0 Å². The van der Waals surface area contributed by atoms with Gasteiger partial charge in [0.1, 0.15) is 171 Å². The molecule has 0 unspecified atom stereocenters. The van der Waals surface area contributed by atoms with E-state index in [1.54, 1.807) is 0 Å². The normalized spacial score (nSPS) is 50.3. The Labute approximate surface area is 475 Å². The van der Waals surface area contributed by atoms with Crippen molar-refractivity contribution in [2.45, 2.75) is 229 Å². The number of hydrogen-bond acceptors (Lipinski definition) is 36. The van der Waals surface area contributed by atoms with E-state index in [1.807, 2.05) is 0 Å². The Balaban J connectivity index is 1.11. The predicted octanol–water partition coefficient (Wildman–Crippen LogP) is -16.0. The van der Waals surface area contributed by atoms with E-state index in [2.05, 4.69) is 10.6 Å². The van der Waals surface area contributed by atoms with E-state index in [1.165, 1.54) is 0 Å². The van der Waals surface area contributed by atoms with E-state index in [0.717, 1.165) is 13.8 Å². The number of carbonyl (C=O) groups is 2. The van der Waals surface area contributed by atoms with Crippen molar-refractivity contribution in [1.29, 1.82) is 0 Å². The number of ether oxygens (including phenoxy) is 13. The summed E-state index contributed by atoms with van der Waals surface area (Å²) in [6.07, 6.45) is -64.3. The minimum atomic E-state index is -2.31. The van der Waals surface area contributed by atoms with E-state index < -0.39 is 273 Å². The predicted molar refractivity (Wildman–Crippen MR) is 255 cm³/mol. The van der Waals surface area contributed by atoms with Gasteiger partial charge in [-0.25, -0.2) is 0 Å². The minimum absolute atomic E-state index is 0.732. The lowest BCUT2D eigenvalue weighted by Crippen LogP contribution is -2.70. The van der Waals surface area contributed by atoms with E-state index in [9.17, 15) is 117 Å². The van der Waals surface area contributed by atoms with Crippen molar-refractivity contribution in [1.82, 2.24) is 10.6 Å². The number of aliphatic hydroxyl groups is 21. The van der Waals surface area contributed by atoms with Crippen molar-refractivity contribution >= 4 is 11.8 Å². The molecule has 38 nitrogen and oxygen atoms in total. The van der Waals surface area contributed by atoms with Crippen LogP contribution in [0.5, 0.6) is 0 Å². The van der Waals surface area contributed by atoms with Gasteiger partial charge in [0.25, 0.3) is 0 Å².